The summed E-state index contributed by atoms with van der Waals surface area (Å²) in [6.07, 6.45) is 1.59. The third-order valence-corrected chi connectivity index (χ3v) is 5.40. The molecule has 1 amide bonds. The van der Waals surface area contributed by atoms with E-state index in [9.17, 15) is 13.2 Å². The van der Waals surface area contributed by atoms with E-state index in [1.807, 2.05) is 30.3 Å². The topological polar surface area (TPSA) is 116 Å². The van der Waals surface area contributed by atoms with Crippen molar-refractivity contribution in [1.29, 1.82) is 0 Å². The number of benzene rings is 2. The molecule has 4 aromatic rings. The first kappa shape index (κ1) is 20.2. The summed E-state index contributed by atoms with van der Waals surface area (Å²) in [4.78, 5) is 16.7. The SMILES string of the molecule is C=CS(=O)(=O)Nc1cccn2c(C(N)=O)c(-c3ccc(Oc4ccccc4)cc3)nc12. The zero-order chi connectivity index (χ0) is 22.0. The first-order valence-electron chi connectivity index (χ1n) is 9.17. The van der Waals surface area contributed by atoms with E-state index in [4.69, 9.17) is 10.5 Å². The van der Waals surface area contributed by atoms with E-state index >= 15 is 0 Å². The van der Waals surface area contributed by atoms with Crippen LogP contribution in [0.1, 0.15) is 10.5 Å². The number of anilines is 1. The molecule has 0 atom stereocenters. The Bertz CT molecular complexity index is 1380. The normalized spacial score (nSPS) is 11.2. The van der Waals surface area contributed by atoms with Gasteiger partial charge in [-0.1, -0.05) is 24.8 Å². The predicted octanol–water partition coefficient (Wildman–Crippen LogP) is 3.78. The molecule has 0 spiro atoms. The Kier molecular flexibility index (Phi) is 5.18. The highest BCUT2D eigenvalue weighted by atomic mass is 32.2. The van der Waals surface area contributed by atoms with Crippen LogP contribution in [-0.4, -0.2) is 23.7 Å². The standard InChI is InChI=1S/C22H18N4O4S/c1-2-31(28,29)25-18-9-6-14-26-20(21(23)27)19(24-22(18)26)15-10-12-17(13-11-15)30-16-7-4-3-5-8-16/h2-14,25H,1H2,(H2,23,27). The average Bonchev–Trinajstić information content (AvgIpc) is 3.16. The fourth-order valence-electron chi connectivity index (χ4n) is 3.08. The Morgan fingerprint density at radius 1 is 1.03 bits per heavy atom. The smallest absolute Gasteiger partial charge is 0.268 e. The molecule has 3 N–H and O–H groups in total. The number of primary amides is 1. The van der Waals surface area contributed by atoms with Crippen molar-refractivity contribution in [3.63, 3.8) is 0 Å². The van der Waals surface area contributed by atoms with Crippen LogP contribution in [0, 0.1) is 0 Å². The molecule has 4 rings (SSSR count). The van der Waals surface area contributed by atoms with E-state index in [0.29, 0.717) is 22.8 Å². The maximum Gasteiger partial charge on any atom is 0.268 e. The number of aromatic nitrogens is 2. The van der Waals surface area contributed by atoms with Gasteiger partial charge in [0.1, 0.15) is 22.9 Å². The van der Waals surface area contributed by atoms with Gasteiger partial charge in [0.15, 0.2) is 5.65 Å². The Labute approximate surface area is 178 Å². The second-order valence-electron chi connectivity index (χ2n) is 6.54. The van der Waals surface area contributed by atoms with Crippen LogP contribution in [0.25, 0.3) is 16.9 Å². The Morgan fingerprint density at radius 2 is 1.71 bits per heavy atom. The molecule has 8 nitrogen and oxygen atoms in total. The molecule has 0 saturated heterocycles. The van der Waals surface area contributed by atoms with Crippen LogP contribution in [0.3, 0.4) is 0 Å². The number of nitrogens with zero attached hydrogens (tertiary/aromatic N) is 2. The molecule has 0 aliphatic carbocycles. The summed E-state index contributed by atoms with van der Waals surface area (Å²) in [5.41, 5.74) is 7.13. The van der Waals surface area contributed by atoms with Crippen LogP contribution < -0.4 is 15.2 Å². The predicted molar refractivity (Wildman–Crippen MR) is 118 cm³/mol. The number of fused-ring (bicyclic) bond motifs is 1. The maximum absolute atomic E-state index is 12.2. The molecule has 0 saturated carbocycles. The van der Waals surface area contributed by atoms with Gasteiger partial charge in [-0.05, 0) is 48.5 Å². The second-order valence-corrected chi connectivity index (χ2v) is 8.17. The lowest BCUT2D eigenvalue weighted by Crippen LogP contribution is -2.15. The van der Waals surface area contributed by atoms with Crippen LogP contribution in [0.5, 0.6) is 11.5 Å². The summed E-state index contributed by atoms with van der Waals surface area (Å²) in [7, 11) is -3.76. The first-order valence-corrected chi connectivity index (χ1v) is 10.7. The lowest BCUT2D eigenvalue weighted by atomic mass is 10.1. The molecule has 0 unspecified atom stereocenters. The summed E-state index contributed by atoms with van der Waals surface area (Å²) in [5, 5.41) is 0.792. The highest BCUT2D eigenvalue weighted by Gasteiger charge is 2.21. The van der Waals surface area contributed by atoms with Crippen LogP contribution in [0.15, 0.2) is 84.9 Å². The number of amides is 1. The number of hydrogen-bond acceptors (Lipinski definition) is 5. The zero-order valence-electron chi connectivity index (χ0n) is 16.2. The highest BCUT2D eigenvalue weighted by molar-refractivity contribution is 7.95. The number of ether oxygens (including phenoxy) is 1. The maximum atomic E-state index is 12.2. The van der Waals surface area contributed by atoms with Crippen molar-refractivity contribution in [3.05, 3.63) is 90.6 Å². The summed E-state index contributed by atoms with van der Waals surface area (Å²) in [6, 6.07) is 19.4. The highest BCUT2D eigenvalue weighted by Crippen LogP contribution is 2.30. The molecule has 0 radical (unpaired) electrons. The number of carbonyl (C=O) groups excluding carboxylic acids is 1. The van der Waals surface area contributed by atoms with Gasteiger partial charge in [-0.25, -0.2) is 13.4 Å². The van der Waals surface area contributed by atoms with Gasteiger partial charge in [-0.3, -0.25) is 13.9 Å². The third kappa shape index (κ3) is 4.12. The van der Waals surface area contributed by atoms with Crippen molar-refractivity contribution >= 4 is 27.3 Å². The number of nitrogens with one attached hydrogen (secondary N) is 1. The summed E-state index contributed by atoms with van der Waals surface area (Å²) < 4.78 is 33.5. The van der Waals surface area contributed by atoms with Crippen molar-refractivity contribution in [3.8, 4) is 22.8 Å². The van der Waals surface area contributed by atoms with Crippen molar-refractivity contribution in [2.75, 3.05) is 4.72 Å². The lowest BCUT2D eigenvalue weighted by molar-refractivity contribution is 0.0995. The van der Waals surface area contributed by atoms with Gasteiger partial charge in [0.05, 0.1) is 5.69 Å². The minimum absolute atomic E-state index is 0.131. The van der Waals surface area contributed by atoms with Crippen LogP contribution in [0.4, 0.5) is 5.69 Å². The minimum atomic E-state index is -3.76. The van der Waals surface area contributed by atoms with E-state index in [2.05, 4.69) is 16.3 Å². The van der Waals surface area contributed by atoms with Gasteiger partial charge in [-0.15, -0.1) is 0 Å². The fourth-order valence-corrected chi connectivity index (χ4v) is 3.63. The van der Waals surface area contributed by atoms with Crippen LogP contribution in [0.2, 0.25) is 0 Å². The molecule has 0 aliphatic rings. The van der Waals surface area contributed by atoms with Crippen molar-refractivity contribution in [2.24, 2.45) is 5.73 Å². The second kappa shape index (κ2) is 7.96. The van der Waals surface area contributed by atoms with E-state index in [0.717, 1.165) is 5.41 Å². The Balaban J connectivity index is 1.77. The van der Waals surface area contributed by atoms with E-state index in [-0.39, 0.29) is 17.0 Å². The van der Waals surface area contributed by atoms with Gasteiger partial charge in [-0.2, -0.15) is 0 Å². The number of sulfonamides is 1. The largest absolute Gasteiger partial charge is 0.457 e. The Morgan fingerprint density at radius 3 is 2.35 bits per heavy atom. The van der Waals surface area contributed by atoms with E-state index in [1.54, 1.807) is 36.5 Å². The van der Waals surface area contributed by atoms with Gasteiger partial charge in [0.25, 0.3) is 15.9 Å². The summed E-state index contributed by atoms with van der Waals surface area (Å²) in [6.45, 7) is 3.28. The van der Waals surface area contributed by atoms with Gasteiger partial charge in [0.2, 0.25) is 0 Å². The van der Waals surface area contributed by atoms with Gasteiger partial charge < -0.3 is 10.5 Å². The monoisotopic (exact) mass is 434 g/mol. The van der Waals surface area contributed by atoms with Crippen LogP contribution in [-0.2, 0) is 10.0 Å². The average molecular weight is 434 g/mol. The Hall–Kier alpha value is -4.11. The fraction of sp³-hybridized carbons (Fsp3) is 0. The number of rotatable bonds is 7. The third-order valence-electron chi connectivity index (χ3n) is 4.46. The molecule has 0 bridgehead atoms. The lowest BCUT2D eigenvalue weighted by Gasteiger charge is -2.06. The van der Waals surface area contributed by atoms with Crippen molar-refractivity contribution in [2.45, 2.75) is 0 Å². The van der Waals surface area contributed by atoms with E-state index in [1.165, 1.54) is 10.5 Å². The number of para-hydroxylation sites is 1. The van der Waals surface area contributed by atoms with Crippen molar-refractivity contribution in [1.82, 2.24) is 9.38 Å². The molecule has 31 heavy (non-hydrogen) atoms. The molecule has 2 aromatic heterocycles. The number of nitrogens with two attached hydrogens (primary N) is 1. The molecule has 156 valence electrons. The molecule has 2 heterocycles. The summed E-state index contributed by atoms with van der Waals surface area (Å²) >= 11 is 0. The first-order chi connectivity index (χ1) is 14.9. The number of imidazole rings is 1. The molecular formula is C22H18N4O4S. The van der Waals surface area contributed by atoms with Crippen LogP contribution >= 0.6 is 0 Å². The van der Waals surface area contributed by atoms with Gasteiger partial charge >= 0.3 is 0 Å². The number of carbonyl (C=O) groups is 1. The number of hydrogen-bond donors (Lipinski definition) is 2. The number of pyridine rings is 1. The van der Waals surface area contributed by atoms with Gasteiger partial charge in [0, 0.05) is 17.2 Å². The molecule has 0 aliphatic heterocycles. The molecule has 2 aromatic carbocycles. The summed E-state index contributed by atoms with van der Waals surface area (Å²) in [5.74, 6) is 0.606. The van der Waals surface area contributed by atoms with Crippen molar-refractivity contribution < 1.29 is 17.9 Å². The molecule has 0 fully saturated rings. The molecule has 9 heteroatoms. The quantitative estimate of drug-likeness (QED) is 0.459. The minimum Gasteiger partial charge on any atom is -0.457 e. The van der Waals surface area contributed by atoms with E-state index < -0.39 is 15.9 Å². The zero-order valence-corrected chi connectivity index (χ0v) is 17.0. The molecular weight excluding hydrogens is 416 g/mol.